The summed E-state index contributed by atoms with van der Waals surface area (Å²) in [6.45, 7) is 6.63. The number of nitrogens with zero attached hydrogens (tertiary/aromatic N) is 1. The van der Waals surface area contributed by atoms with Crippen LogP contribution in [-0.2, 0) is 24.4 Å². The van der Waals surface area contributed by atoms with E-state index in [-0.39, 0.29) is 25.3 Å². The van der Waals surface area contributed by atoms with Crippen molar-refractivity contribution in [1.29, 1.82) is 0 Å². The van der Waals surface area contributed by atoms with Gasteiger partial charge in [0.05, 0.1) is 12.6 Å². The Hall–Kier alpha value is -1.23. The lowest BCUT2D eigenvalue weighted by Crippen LogP contribution is -2.46. The van der Waals surface area contributed by atoms with Crippen LogP contribution in [0.4, 0.5) is 5.69 Å². The average molecular weight is 423 g/mol. The molecule has 0 bridgehead atoms. The molecule has 1 aromatic rings. The van der Waals surface area contributed by atoms with E-state index in [1.54, 1.807) is 39.0 Å². The quantitative estimate of drug-likeness (QED) is 0.321. The number of ether oxygens (including phenoxy) is 1. The van der Waals surface area contributed by atoms with Gasteiger partial charge in [0.15, 0.2) is 6.79 Å². The Balaban J connectivity index is 2.89. The lowest BCUT2D eigenvalue weighted by atomic mass is 10.1. The number of benzene rings is 1. The summed E-state index contributed by atoms with van der Waals surface area (Å²) >= 11 is 5.62. The van der Waals surface area contributed by atoms with Crippen LogP contribution in [0.25, 0.3) is 0 Å². The number of aliphatic hydroxyl groups is 1. The first-order valence-corrected chi connectivity index (χ1v) is 10.6. The number of hydrogen-bond donors (Lipinski definition) is 2. The van der Waals surface area contributed by atoms with Crippen molar-refractivity contribution in [2.45, 2.75) is 45.7 Å². The van der Waals surface area contributed by atoms with E-state index in [0.717, 1.165) is 11.1 Å². The van der Waals surface area contributed by atoms with Crippen LogP contribution < -0.4 is 5.32 Å². The highest BCUT2D eigenvalue weighted by Crippen LogP contribution is 2.20. The van der Waals surface area contributed by atoms with Gasteiger partial charge in [-0.2, -0.15) is 0 Å². The van der Waals surface area contributed by atoms with Crippen LogP contribution in [0.5, 0.6) is 0 Å². The number of amides is 1. The van der Waals surface area contributed by atoms with Gasteiger partial charge in [-0.15, -0.1) is 11.6 Å². The summed E-state index contributed by atoms with van der Waals surface area (Å²) in [5, 5.41) is 12.6. The van der Waals surface area contributed by atoms with E-state index in [1.807, 2.05) is 6.92 Å². The summed E-state index contributed by atoms with van der Waals surface area (Å²) in [6, 6.07) is 5.33. The molecule has 1 amide bonds. The highest BCUT2D eigenvalue weighted by Gasteiger charge is 2.37. The number of carbonyl (C=O) groups is 1. The fourth-order valence-electron chi connectivity index (χ4n) is 2.10. The van der Waals surface area contributed by atoms with E-state index < -0.39 is 21.4 Å². The van der Waals surface area contributed by atoms with Gasteiger partial charge in [-0.3, -0.25) is 9.63 Å². The number of halogens is 1. The molecule has 10 heteroatoms. The monoisotopic (exact) mass is 422 g/mol. The third-order valence-corrected chi connectivity index (χ3v) is 5.71. The van der Waals surface area contributed by atoms with Gasteiger partial charge in [-0.25, -0.2) is 8.42 Å². The summed E-state index contributed by atoms with van der Waals surface area (Å²) < 4.78 is 30.8. The highest BCUT2D eigenvalue weighted by atomic mass is 35.5. The fraction of sp³-hybridized carbons (Fsp3) is 0.588. The number of hydrogen-bond acceptors (Lipinski definition) is 6. The molecule has 154 valence electrons. The third-order valence-electron chi connectivity index (χ3n) is 3.91. The number of carbonyl (C=O) groups excluding carboxylic acids is 1. The first-order chi connectivity index (χ1) is 12.6. The number of hydroxylamine groups is 1. The SMILES string of the molecule is CCC(C)OCON(CCCl)S(=O)(=O)C(O)C(=O)Nc1c(C)cccc1C. The van der Waals surface area contributed by atoms with Gasteiger partial charge in [-0.05, 0) is 38.3 Å². The van der Waals surface area contributed by atoms with Gasteiger partial charge in [0.2, 0.25) is 0 Å². The van der Waals surface area contributed by atoms with E-state index in [1.165, 1.54) is 0 Å². The van der Waals surface area contributed by atoms with Gasteiger partial charge in [0.25, 0.3) is 21.4 Å². The number of nitrogens with one attached hydrogen (secondary N) is 1. The normalized spacial score (nSPS) is 14.2. The lowest BCUT2D eigenvalue weighted by Gasteiger charge is -2.24. The second kappa shape index (κ2) is 10.9. The van der Waals surface area contributed by atoms with E-state index in [9.17, 15) is 18.3 Å². The molecule has 0 aliphatic heterocycles. The molecule has 0 spiro atoms. The minimum Gasteiger partial charge on any atom is -0.368 e. The number of anilines is 1. The van der Waals surface area contributed by atoms with Crippen molar-refractivity contribution in [3.05, 3.63) is 29.3 Å². The van der Waals surface area contributed by atoms with Crippen LogP contribution in [0.2, 0.25) is 0 Å². The molecule has 27 heavy (non-hydrogen) atoms. The fourth-order valence-corrected chi connectivity index (χ4v) is 3.44. The number of rotatable bonds is 11. The van der Waals surface area contributed by atoms with Crippen LogP contribution >= 0.6 is 11.6 Å². The predicted octanol–water partition coefficient (Wildman–Crippen LogP) is 2.14. The number of aliphatic hydroxyl groups excluding tert-OH is 1. The Kier molecular flexibility index (Phi) is 9.65. The third kappa shape index (κ3) is 6.70. The van der Waals surface area contributed by atoms with Crippen LogP contribution in [0, 0.1) is 13.8 Å². The summed E-state index contributed by atoms with van der Waals surface area (Å²) in [4.78, 5) is 17.4. The van der Waals surface area contributed by atoms with Gasteiger partial charge < -0.3 is 15.2 Å². The maximum Gasteiger partial charge on any atom is 0.272 e. The standard InChI is InChI=1S/C17H27ClN2O6S/c1-5-14(4)25-11-26-20(10-9-18)27(23,24)17(22)16(21)19-15-12(2)7-6-8-13(15)3/h6-8,14,17,22H,5,9-11H2,1-4H3,(H,19,21). The van der Waals surface area contributed by atoms with E-state index in [4.69, 9.17) is 21.2 Å². The van der Waals surface area contributed by atoms with Gasteiger partial charge in [-0.1, -0.05) is 29.6 Å². The summed E-state index contributed by atoms with van der Waals surface area (Å²) in [5.41, 5.74) is -0.433. The molecular weight excluding hydrogens is 396 g/mol. The molecule has 0 saturated heterocycles. The van der Waals surface area contributed by atoms with Crippen molar-refractivity contribution < 1.29 is 27.9 Å². The largest absolute Gasteiger partial charge is 0.368 e. The smallest absolute Gasteiger partial charge is 0.272 e. The van der Waals surface area contributed by atoms with E-state index >= 15 is 0 Å². The maximum atomic E-state index is 12.5. The van der Waals surface area contributed by atoms with Crippen LogP contribution in [-0.4, -0.2) is 54.7 Å². The average Bonchev–Trinajstić information content (AvgIpc) is 2.62. The zero-order valence-corrected chi connectivity index (χ0v) is 17.5. The number of alkyl halides is 1. The van der Waals surface area contributed by atoms with Crippen molar-refractivity contribution >= 4 is 33.2 Å². The van der Waals surface area contributed by atoms with Crippen molar-refractivity contribution in [3.63, 3.8) is 0 Å². The van der Waals surface area contributed by atoms with Crippen molar-refractivity contribution in [2.75, 3.05) is 24.5 Å². The molecule has 2 N–H and O–H groups in total. The molecule has 1 aromatic carbocycles. The van der Waals surface area contributed by atoms with E-state index in [2.05, 4.69) is 5.32 Å². The Morgan fingerprint density at radius 3 is 2.44 bits per heavy atom. The Morgan fingerprint density at radius 2 is 1.93 bits per heavy atom. The van der Waals surface area contributed by atoms with Crippen LogP contribution in [0.15, 0.2) is 18.2 Å². The molecule has 0 radical (unpaired) electrons. The molecule has 2 atom stereocenters. The Bertz CT molecular complexity index is 708. The highest BCUT2D eigenvalue weighted by molar-refractivity contribution is 7.90. The molecular formula is C17H27ClN2O6S. The lowest BCUT2D eigenvalue weighted by molar-refractivity contribution is -0.187. The first-order valence-electron chi connectivity index (χ1n) is 8.52. The molecule has 0 fully saturated rings. The summed E-state index contributed by atoms with van der Waals surface area (Å²) in [5.74, 6) is -1.17. The first kappa shape index (κ1) is 23.8. The summed E-state index contributed by atoms with van der Waals surface area (Å²) in [6.07, 6.45) is 0.578. The van der Waals surface area contributed by atoms with Crippen LogP contribution in [0.1, 0.15) is 31.4 Å². The zero-order valence-electron chi connectivity index (χ0n) is 15.9. The molecule has 0 aliphatic rings. The van der Waals surface area contributed by atoms with Gasteiger partial charge >= 0.3 is 0 Å². The van der Waals surface area contributed by atoms with Gasteiger partial charge in [0.1, 0.15) is 0 Å². The van der Waals surface area contributed by atoms with E-state index in [0.29, 0.717) is 16.6 Å². The molecule has 8 nitrogen and oxygen atoms in total. The summed E-state index contributed by atoms with van der Waals surface area (Å²) in [7, 11) is -4.52. The number of para-hydroxylation sites is 1. The zero-order chi connectivity index (χ0) is 20.6. The van der Waals surface area contributed by atoms with Crippen LogP contribution in [0.3, 0.4) is 0 Å². The molecule has 2 unspecified atom stereocenters. The minimum absolute atomic E-state index is 0.0895. The number of aryl methyl sites for hydroxylation is 2. The second-order valence-corrected chi connectivity index (χ2v) is 8.26. The Labute approximate surface area is 165 Å². The molecule has 0 aliphatic carbocycles. The van der Waals surface area contributed by atoms with Crippen molar-refractivity contribution in [2.24, 2.45) is 0 Å². The van der Waals surface area contributed by atoms with Crippen molar-refractivity contribution in [3.8, 4) is 0 Å². The maximum absolute atomic E-state index is 12.5. The topological polar surface area (TPSA) is 105 Å². The Morgan fingerprint density at radius 1 is 1.33 bits per heavy atom. The molecule has 1 rings (SSSR count). The molecule has 0 saturated carbocycles. The number of sulfonamides is 1. The van der Waals surface area contributed by atoms with Gasteiger partial charge in [0, 0.05) is 11.6 Å². The molecule has 0 aromatic heterocycles. The minimum atomic E-state index is -4.52. The predicted molar refractivity (Wildman–Crippen MR) is 104 cm³/mol. The van der Waals surface area contributed by atoms with Crippen molar-refractivity contribution in [1.82, 2.24) is 4.47 Å². The molecule has 0 heterocycles. The second-order valence-electron chi connectivity index (χ2n) is 6.00.